The minimum atomic E-state index is 0.0858. The summed E-state index contributed by atoms with van der Waals surface area (Å²) >= 11 is 5.88. The molecule has 3 nitrogen and oxygen atoms in total. The highest BCUT2D eigenvalue weighted by Crippen LogP contribution is 2.11. The molecule has 0 aliphatic rings. The Labute approximate surface area is 122 Å². The van der Waals surface area contributed by atoms with Gasteiger partial charge in [-0.15, -0.1) is 0 Å². The molecule has 0 heterocycles. The van der Waals surface area contributed by atoms with Gasteiger partial charge in [0, 0.05) is 10.6 Å². The van der Waals surface area contributed by atoms with Gasteiger partial charge in [-0.1, -0.05) is 60.1 Å². The number of amidine groups is 2. The molecule has 0 amide bonds. The van der Waals surface area contributed by atoms with E-state index in [1.54, 1.807) is 30.3 Å². The third-order valence-corrected chi connectivity index (χ3v) is 2.82. The lowest BCUT2D eigenvalue weighted by Gasteiger charge is -2.00. The van der Waals surface area contributed by atoms with Crippen LogP contribution in [-0.4, -0.2) is 11.7 Å². The van der Waals surface area contributed by atoms with Crippen LogP contribution in [0.25, 0.3) is 6.08 Å². The Bertz CT molecular complexity index is 660. The third kappa shape index (κ3) is 4.07. The first kappa shape index (κ1) is 14.0. The molecule has 0 aliphatic heterocycles. The van der Waals surface area contributed by atoms with Crippen molar-refractivity contribution in [1.29, 1.82) is 5.41 Å². The smallest absolute Gasteiger partial charge is 0.154 e. The average molecular weight is 284 g/mol. The summed E-state index contributed by atoms with van der Waals surface area (Å²) < 4.78 is 0. The van der Waals surface area contributed by atoms with E-state index in [1.807, 2.05) is 36.4 Å². The fourth-order valence-corrected chi connectivity index (χ4v) is 1.80. The predicted octanol–water partition coefficient (Wildman–Crippen LogP) is 3.74. The van der Waals surface area contributed by atoms with Gasteiger partial charge in [0.1, 0.15) is 5.84 Å². The number of halogens is 1. The second-order valence-electron chi connectivity index (χ2n) is 4.14. The summed E-state index contributed by atoms with van der Waals surface area (Å²) in [6, 6.07) is 16.7. The molecule has 100 valence electrons. The van der Waals surface area contributed by atoms with Crippen LogP contribution in [0.1, 0.15) is 11.1 Å². The number of nitrogens with two attached hydrogens (primary N) is 1. The molecule has 0 saturated carbocycles. The number of nitrogens with zero attached hydrogens (tertiary/aromatic N) is 1. The minimum Gasteiger partial charge on any atom is -0.384 e. The van der Waals surface area contributed by atoms with Gasteiger partial charge in [0.05, 0.1) is 0 Å². The van der Waals surface area contributed by atoms with Crippen LogP contribution in [0, 0.1) is 5.41 Å². The lowest BCUT2D eigenvalue weighted by molar-refractivity contribution is 1.41. The van der Waals surface area contributed by atoms with E-state index in [0.717, 1.165) is 5.56 Å². The van der Waals surface area contributed by atoms with Crippen molar-refractivity contribution in [2.45, 2.75) is 0 Å². The van der Waals surface area contributed by atoms with Crippen molar-refractivity contribution < 1.29 is 0 Å². The van der Waals surface area contributed by atoms with Crippen LogP contribution in [-0.2, 0) is 0 Å². The summed E-state index contributed by atoms with van der Waals surface area (Å²) in [4.78, 5) is 4.04. The second kappa shape index (κ2) is 6.68. The van der Waals surface area contributed by atoms with Gasteiger partial charge in [-0.2, -0.15) is 0 Å². The number of nitrogens with one attached hydrogen (secondary N) is 1. The predicted molar refractivity (Wildman–Crippen MR) is 85.4 cm³/mol. The molecule has 3 N–H and O–H groups in total. The van der Waals surface area contributed by atoms with Crippen LogP contribution >= 0.6 is 11.6 Å². The van der Waals surface area contributed by atoms with Crippen LogP contribution in [0.15, 0.2) is 65.7 Å². The van der Waals surface area contributed by atoms with Gasteiger partial charge in [0.2, 0.25) is 0 Å². The highest BCUT2D eigenvalue weighted by atomic mass is 35.5. The molecular formula is C16H14ClN3. The number of benzene rings is 2. The summed E-state index contributed by atoms with van der Waals surface area (Å²) in [5.74, 6) is 0.363. The molecule has 0 bridgehead atoms. The lowest BCUT2D eigenvalue weighted by atomic mass is 10.2. The summed E-state index contributed by atoms with van der Waals surface area (Å²) in [6.07, 6.45) is 3.53. The minimum absolute atomic E-state index is 0.0858. The third-order valence-electron chi connectivity index (χ3n) is 2.59. The zero-order valence-corrected chi connectivity index (χ0v) is 11.5. The van der Waals surface area contributed by atoms with E-state index in [0.29, 0.717) is 10.6 Å². The van der Waals surface area contributed by atoms with Crippen molar-refractivity contribution in [3.05, 3.63) is 76.8 Å². The summed E-state index contributed by atoms with van der Waals surface area (Å²) in [5, 5.41) is 8.45. The van der Waals surface area contributed by atoms with Gasteiger partial charge in [0.25, 0.3) is 0 Å². The normalized spacial score (nSPS) is 11.8. The quantitative estimate of drug-likeness (QED) is 0.654. The van der Waals surface area contributed by atoms with E-state index in [9.17, 15) is 0 Å². The maximum Gasteiger partial charge on any atom is 0.154 e. The molecule has 0 saturated heterocycles. The maximum absolute atomic E-state index is 7.88. The van der Waals surface area contributed by atoms with Gasteiger partial charge in [-0.25, -0.2) is 4.99 Å². The topological polar surface area (TPSA) is 62.2 Å². The molecule has 0 spiro atoms. The molecule has 0 aliphatic carbocycles. The fraction of sp³-hybridized carbons (Fsp3) is 0. The van der Waals surface area contributed by atoms with Gasteiger partial charge in [0.15, 0.2) is 5.84 Å². The summed E-state index contributed by atoms with van der Waals surface area (Å²) in [5.41, 5.74) is 7.45. The number of rotatable bonds is 3. The van der Waals surface area contributed by atoms with Gasteiger partial charge >= 0.3 is 0 Å². The Hall–Kier alpha value is -2.39. The Balaban J connectivity index is 2.10. The standard InChI is InChI=1S/C16H14ClN3/c17-14-8-4-7-13(11-14)16(19)20-15(18)10-9-12-5-2-1-3-6-12/h1-11H,(H3,18,19,20)/b10-9-. The number of hydrogen-bond donors (Lipinski definition) is 2. The molecule has 20 heavy (non-hydrogen) atoms. The van der Waals surface area contributed by atoms with Gasteiger partial charge in [-0.3, -0.25) is 5.41 Å². The second-order valence-corrected chi connectivity index (χ2v) is 4.58. The Morgan fingerprint density at radius 3 is 2.55 bits per heavy atom. The number of hydrogen-bond acceptors (Lipinski definition) is 1. The molecule has 0 radical (unpaired) electrons. The first-order chi connectivity index (χ1) is 9.65. The SMILES string of the molecule is N=C(N=C(N)/C=C\c1ccccc1)c1cccc(Cl)c1. The first-order valence-corrected chi connectivity index (χ1v) is 6.45. The molecule has 2 rings (SSSR count). The van der Waals surface area contributed by atoms with Crippen molar-refractivity contribution >= 4 is 29.3 Å². The largest absolute Gasteiger partial charge is 0.384 e. The zero-order chi connectivity index (χ0) is 14.4. The van der Waals surface area contributed by atoms with E-state index >= 15 is 0 Å². The van der Waals surface area contributed by atoms with Crippen LogP contribution < -0.4 is 5.73 Å². The highest BCUT2D eigenvalue weighted by molar-refractivity contribution is 6.31. The van der Waals surface area contributed by atoms with Crippen molar-refractivity contribution in [2.75, 3.05) is 0 Å². The monoisotopic (exact) mass is 283 g/mol. The van der Waals surface area contributed by atoms with Crippen molar-refractivity contribution in [3.8, 4) is 0 Å². The summed E-state index contributed by atoms with van der Waals surface area (Å²) in [7, 11) is 0. The molecule has 2 aromatic rings. The molecule has 2 aromatic carbocycles. The van der Waals surface area contributed by atoms with Crippen molar-refractivity contribution in [1.82, 2.24) is 0 Å². The van der Waals surface area contributed by atoms with Crippen molar-refractivity contribution in [3.63, 3.8) is 0 Å². The highest BCUT2D eigenvalue weighted by Gasteiger charge is 2.00. The van der Waals surface area contributed by atoms with E-state index in [1.165, 1.54) is 0 Å². The summed E-state index contributed by atoms with van der Waals surface area (Å²) in [6.45, 7) is 0. The molecule has 4 heteroatoms. The Kier molecular flexibility index (Phi) is 4.69. The van der Waals surface area contributed by atoms with Gasteiger partial charge in [-0.05, 0) is 23.8 Å². The molecule has 0 fully saturated rings. The van der Waals surface area contributed by atoms with Crippen LogP contribution in [0.3, 0.4) is 0 Å². The Morgan fingerprint density at radius 2 is 1.85 bits per heavy atom. The number of aliphatic imine (C=N–C) groups is 1. The van der Waals surface area contributed by atoms with Crippen molar-refractivity contribution in [2.24, 2.45) is 10.7 Å². The van der Waals surface area contributed by atoms with E-state index in [4.69, 9.17) is 22.7 Å². The van der Waals surface area contributed by atoms with Crippen LogP contribution in [0.4, 0.5) is 0 Å². The Morgan fingerprint density at radius 1 is 1.10 bits per heavy atom. The zero-order valence-electron chi connectivity index (χ0n) is 10.8. The van der Waals surface area contributed by atoms with Crippen LogP contribution in [0.5, 0.6) is 0 Å². The van der Waals surface area contributed by atoms with Gasteiger partial charge < -0.3 is 5.73 Å². The molecule has 0 atom stereocenters. The van der Waals surface area contributed by atoms with Crippen LogP contribution in [0.2, 0.25) is 5.02 Å². The first-order valence-electron chi connectivity index (χ1n) is 6.07. The van der Waals surface area contributed by atoms with E-state index in [2.05, 4.69) is 4.99 Å². The van der Waals surface area contributed by atoms with E-state index < -0.39 is 0 Å². The fourth-order valence-electron chi connectivity index (χ4n) is 1.61. The maximum atomic E-state index is 7.88. The molecule has 0 aromatic heterocycles. The molecule has 0 unspecified atom stereocenters. The van der Waals surface area contributed by atoms with E-state index in [-0.39, 0.29) is 11.7 Å². The lowest BCUT2D eigenvalue weighted by Crippen LogP contribution is -2.11. The molecular weight excluding hydrogens is 270 g/mol. The average Bonchev–Trinajstić information content (AvgIpc) is 2.46.